The molecule has 3 aromatic carbocycles. The van der Waals surface area contributed by atoms with Crippen LogP contribution < -0.4 is 0 Å². The van der Waals surface area contributed by atoms with E-state index in [1.807, 2.05) is 91.0 Å². The first-order valence-electron chi connectivity index (χ1n) is 14.1. The fraction of sp³-hybridized carbons (Fsp3) is 0.406. The monoisotopic (exact) mass is 591 g/mol. The maximum absolute atomic E-state index is 12.5. The van der Waals surface area contributed by atoms with Crippen molar-refractivity contribution in [2.75, 3.05) is 13.7 Å². The Morgan fingerprint density at radius 3 is 1.84 bits per heavy atom. The van der Waals surface area contributed by atoms with Crippen LogP contribution in [0.4, 0.5) is 0 Å². The number of benzene rings is 3. The van der Waals surface area contributed by atoms with Crippen molar-refractivity contribution in [1.29, 1.82) is 0 Å². The van der Waals surface area contributed by atoms with Crippen molar-refractivity contribution < 1.29 is 38.3 Å². The summed E-state index contributed by atoms with van der Waals surface area (Å²) in [6.45, 7) is 2.17. The normalized spacial score (nSPS) is 24.1. The Hall–Kier alpha value is -3.80. The number of esters is 1. The van der Waals surface area contributed by atoms with Crippen molar-refractivity contribution in [3.8, 4) is 0 Å². The SMILES string of the molecule is CCOC(=O)C[C@H](O)[C@]1(OC)O[C@@H](N=[N+]=[N-])[C@H](OCc2ccccc2)[C@@H](OCc2ccccc2)[C@@H]1OCc1ccccc1. The number of hydrogen-bond donors (Lipinski definition) is 1. The first-order valence-corrected chi connectivity index (χ1v) is 14.1. The number of aliphatic hydroxyl groups is 1. The van der Waals surface area contributed by atoms with Gasteiger partial charge in [0.05, 0.1) is 32.8 Å². The fourth-order valence-corrected chi connectivity index (χ4v) is 4.98. The van der Waals surface area contributed by atoms with Gasteiger partial charge in [-0.05, 0) is 29.1 Å². The molecule has 4 rings (SSSR count). The molecule has 0 unspecified atom stereocenters. The largest absolute Gasteiger partial charge is 0.466 e. The lowest BCUT2D eigenvalue weighted by atomic mass is 9.89. The Labute approximate surface area is 250 Å². The zero-order chi connectivity index (χ0) is 30.5. The van der Waals surface area contributed by atoms with E-state index in [1.165, 1.54) is 7.11 Å². The fourth-order valence-electron chi connectivity index (χ4n) is 4.98. The molecular formula is C32H37N3O8. The van der Waals surface area contributed by atoms with Gasteiger partial charge in [-0.15, -0.1) is 0 Å². The Morgan fingerprint density at radius 1 is 0.884 bits per heavy atom. The van der Waals surface area contributed by atoms with E-state index < -0.39 is 48.8 Å². The molecule has 11 nitrogen and oxygen atoms in total. The molecule has 1 heterocycles. The van der Waals surface area contributed by atoms with E-state index >= 15 is 0 Å². The average Bonchev–Trinajstić information content (AvgIpc) is 3.04. The van der Waals surface area contributed by atoms with Crippen molar-refractivity contribution in [3.63, 3.8) is 0 Å². The topological polar surface area (TPSA) is 141 Å². The molecule has 6 atom stereocenters. The highest BCUT2D eigenvalue weighted by atomic mass is 16.7. The van der Waals surface area contributed by atoms with Crippen LogP contribution in [0.25, 0.3) is 10.4 Å². The van der Waals surface area contributed by atoms with E-state index in [4.69, 9.17) is 28.4 Å². The number of aliphatic hydroxyl groups excluding tert-OH is 1. The summed E-state index contributed by atoms with van der Waals surface area (Å²) in [7, 11) is 1.32. The van der Waals surface area contributed by atoms with Gasteiger partial charge in [-0.1, -0.05) is 96.1 Å². The second-order valence-corrected chi connectivity index (χ2v) is 9.90. The summed E-state index contributed by atoms with van der Waals surface area (Å²) in [5.74, 6) is -2.67. The van der Waals surface area contributed by atoms with E-state index in [2.05, 4.69) is 10.0 Å². The van der Waals surface area contributed by atoms with Gasteiger partial charge in [-0.25, -0.2) is 0 Å². The van der Waals surface area contributed by atoms with Crippen molar-refractivity contribution in [2.45, 2.75) is 69.6 Å². The van der Waals surface area contributed by atoms with Gasteiger partial charge in [-0.3, -0.25) is 4.79 Å². The van der Waals surface area contributed by atoms with E-state index in [0.29, 0.717) is 0 Å². The highest BCUT2D eigenvalue weighted by Gasteiger charge is 2.61. The number of rotatable bonds is 15. The van der Waals surface area contributed by atoms with Crippen LogP contribution in [0.2, 0.25) is 0 Å². The Balaban J connectivity index is 1.76. The minimum Gasteiger partial charge on any atom is -0.466 e. The number of azide groups is 1. The number of nitrogens with zero attached hydrogens (tertiary/aromatic N) is 3. The van der Waals surface area contributed by atoms with Crippen molar-refractivity contribution in [1.82, 2.24) is 0 Å². The highest BCUT2D eigenvalue weighted by molar-refractivity contribution is 5.70. The Bertz CT molecular complexity index is 1310. The maximum atomic E-state index is 12.5. The lowest BCUT2D eigenvalue weighted by Gasteiger charge is -2.52. The average molecular weight is 592 g/mol. The van der Waals surface area contributed by atoms with Crippen LogP contribution in [0.1, 0.15) is 30.0 Å². The number of methoxy groups -OCH3 is 1. The smallest absolute Gasteiger partial charge is 0.308 e. The van der Waals surface area contributed by atoms with E-state index in [-0.39, 0.29) is 26.4 Å². The van der Waals surface area contributed by atoms with Gasteiger partial charge in [0, 0.05) is 12.0 Å². The first kappa shape index (κ1) is 32.1. The van der Waals surface area contributed by atoms with Crippen LogP contribution in [-0.4, -0.2) is 61.2 Å². The second kappa shape index (κ2) is 16.2. The maximum Gasteiger partial charge on any atom is 0.308 e. The second-order valence-electron chi connectivity index (χ2n) is 9.90. The number of hydrogen-bond acceptors (Lipinski definition) is 9. The molecule has 0 bridgehead atoms. The molecule has 3 aromatic rings. The number of carbonyl (C=O) groups is 1. The molecule has 0 aromatic heterocycles. The standard InChI is InChI=1S/C32H37N3O8/c1-3-39-27(37)19-26(36)32(38-2)30(42-22-25-17-11-6-12-18-25)28(40-20-23-13-7-4-8-14-23)29(31(43-32)34-35-33)41-21-24-15-9-5-10-16-24/h4-18,26,28-31,36H,3,19-22H2,1-2H3/t26-,28+,29+,30-,31+,32-/m0/s1. The highest BCUT2D eigenvalue weighted by Crippen LogP contribution is 2.41. The van der Waals surface area contributed by atoms with E-state index in [1.54, 1.807) is 6.92 Å². The predicted molar refractivity (Wildman–Crippen MR) is 156 cm³/mol. The molecule has 0 saturated carbocycles. The number of carbonyl (C=O) groups excluding carboxylic acids is 1. The van der Waals surface area contributed by atoms with Crippen LogP contribution >= 0.6 is 0 Å². The molecule has 1 N–H and O–H groups in total. The molecule has 0 aliphatic carbocycles. The molecule has 43 heavy (non-hydrogen) atoms. The molecule has 0 radical (unpaired) electrons. The minimum absolute atomic E-state index is 0.0922. The third-order valence-electron chi connectivity index (χ3n) is 7.06. The van der Waals surface area contributed by atoms with Gasteiger partial charge in [0.1, 0.15) is 24.4 Å². The lowest BCUT2D eigenvalue weighted by Crippen LogP contribution is -2.70. The summed E-state index contributed by atoms with van der Waals surface area (Å²) in [4.78, 5) is 15.5. The first-order chi connectivity index (χ1) is 21.0. The van der Waals surface area contributed by atoms with Gasteiger partial charge in [0.25, 0.3) is 0 Å². The molecule has 1 fully saturated rings. The molecule has 0 spiro atoms. The van der Waals surface area contributed by atoms with Crippen LogP contribution in [0, 0.1) is 0 Å². The van der Waals surface area contributed by atoms with Gasteiger partial charge >= 0.3 is 5.97 Å². The zero-order valence-corrected chi connectivity index (χ0v) is 24.2. The van der Waals surface area contributed by atoms with Gasteiger partial charge < -0.3 is 33.5 Å². The Morgan fingerprint density at radius 2 is 1.37 bits per heavy atom. The van der Waals surface area contributed by atoms with Crippen molar-refractivity contribution >= 4 is 5.97 Å². The van der Waals surface area contributed by atoms with Crippen LogP contribution in [0.3, 0.4) is 0 Å². The van der Waals surface area contributed by atoms with Crippen LogP contribution in [0.15, 0.2) is 96.1 Å². The summed E-state index contributed by atoms with van der Waals surface area (Å²) >= 11 is 0. The summed E-state index contributed by atoms with van der Waals surface area (Å²) in [5, 5.41) is 15.4. The van der Waals surface area contributed by atoms with E-state index in [9.17, 15) is 15.4 Å². The quantitative estimate of drug-likeness (QED) is 0.112. The zero-order valence-electron chi connectivity index (χ0n) is 24.2. The van der Waals surface area contributed by atoms with Crippen molar-refractivity contribution in [3.05, 3.63) is 118 Å². The number of ether oxygens (including phenoxy) is 6. The third-order valence-corrected chi connectivity index (χ3v) is 7.06. The molecule has 228 valence electrons. The minimum atomic E-state index is -2.01. The Kier molecular flexibility index (Phi) is 12.1. The molecule has 1 aliphatic heterocycles. The summed E-state index contributed by atoms with van der Waals surface area (Å²) in [6, 6.07) is 28.4. The lowest BCUT2D eigenvalue weighted by molar-refractivity contribution is -0.395. The van der Waals surface area contributed by atoms with Crippen molar-refractivity contribution in [2.24, 2.45) is 5.11 Å². The van der Waals surface area contributed by atoms with Crippen LogP contribution in [-0.2, 0) is 53.0 Å². The summed E-state index contributed by atoms with van der Waals surface area (Å²) in [5.41, 5.74) is 12.1. The summed E-state index contributed by atoms with van der Waals surface area (Å²) < 4.78 is 36.5. The predicted octanol–water partition coefficient (Wildman–Crippen LogP) is 5.07. The molecular weight excluding hydrogens is 554 g/mol. The molecule has 0 amide bonds. The van der Waals surface area contributed by atoms with Gasteiger partial charge in [0.15, 0.2) is 6.23 Å². The van der Waals surface area contributed by atoms with E-state index in [0.717, 1.165) is 16.7 Å². The third kappa shape index (κ3) is 8.40. The molecule has 1 saturated heterocycles. The summed E-state index contributed by atoms with van der Waals surface area (Å²) in [6.07, 6.45) is -6.52. The van der Waals surface area contributed by atoms with Gasteiger partial charge in [0.2, 0.25) is 5.79 Å². The molecule has 11 heteroatoms. The van der Waals surface area contributed by atoms with Crippen LogP contribution in [0.5, 0.6) is 0 Å². The van der Waals surface area contributed by atoms with Gasteiger partial charge in [-0.2, -0.15) is 0 Å². The molecule has 1 aliphatic rings.